The van der Waals surface area contributed by atoms with E-state index in [1.807, 2.05) is 20.3 Å². The molecule has 0 amide bonds. The Bertz CT molecular complexity index is 469. The zero-order chi connectivity index (χ0) is 11.7. The van der Waals surface area contributed by atoms with Crippen molar-refractivity contribution in [3.05, 3.63) is 28.3 Å². The normalized spacial score (nSPS) is 13.0. The monoisotopic (exact) mass is 285 g/mol. The maximum atomic E-state index is 5.57. The van der Waals surface area contributed by atoms with Crippen molar-refractivity contribution in [2.45, 2.75) is 6.04 Å². The Balaban J connectivity index is 2.44. The summed E-state index contributed by atoms with van der Waals surface area (Å²) in [6.07, 6.45) is 3.65. The van der Waals surface area contributed by atoms with Gasteiger partial charge in [0.2, 0.25) is 0 Å². The smallest absolute Gasteiger partial charge is 0.153 e. The van der Waals surface area contributed by atoms with Crippen LogP contribution in [-0.2, 0) is 14.1 Å². The molecular formula is C8H12BrN7. The average Bonchev–Trinajstić information content (AvgIpc) is 2.80. The number of aryl methyl sites for hydroxylation is 2. The van der Waals surface area contributed by atoms with Crippen LogP contribution in [0.25, 0.3) is 0 Å². The minimum atomic E-state index is -0.192. The van der Waals surface area contributed by atoms with Gasteiger partial charge in [0.15, 0.2) is 4.60 Å². The van der Waals surface area contributed by atoms with Crippen molar-refractivity contribution in [3.63, 3.8) is 0 Å². The summed E-state index contributed by atoms with van der Waals surface area (Å²) in [6.45, 7) is 0. The molecule has 0 aliphatic carbocycles. The van der Waals surface area contributed by atoms with Crippen LogP contribution >= 0.6 is 15.9 Å². The molecule has 86 valence electrons. The van der Waals surface area contributed by atoms with E-state index in [-0.39, 0.29) is 6.04 Å². The third kappa shape index (κ3) is 1.86. The van der Waals surface area contributed by atoms with E-state index >= 15 is 0 Å². The van der Waals surface area contributed by atoms with Gasteiger partial charge in [0.25, 0.3) is 0 Å². The highest BCUT2D eigenvalue weighted by atomic mass is 79.9. The van der Waals surface area contributed by atoms with Gasteiger partial charge >= 0.3 is 0 Å². The molecule has 0 saturated heterocycles. The number of hydrogen-bond acceptors (Lipinski definition) is 5. The molecule has 0 saturated carbocycles. The lowest BCUT2D eigenvalue weighted by atomic mass is 10.1. The highest BCUT2D eigenvalue weighted by Crippen LogP contribution is 2.25. The van der Waals surface area contributed by atoms with Crippen molar-refractivity contribution in [1.82, 2.24) is 30.2 Å². The fourth-order valence-electron chi connectivity index (χ4n) is 1.57. The van der Waals surface area contributed by atoms with Gasteiger partial charge in [0, 0.05) is 25.9 Å². The Morgan fingerprint density at radius 2 is 2.25 bits per heavy atom. The first-order valence-corrected chi connectivity index (χ1v) is 5.42. The molecule has 2 rings (SSSR count). The molecule has 0 bridgehead atoms. The standard InChI is InChI=1S/C8H12BrN7/c1-15-4-5(3-11-15)6(12-10)7-8(9)13-14-16(7)2/h3-4,6,12H,10H2,1-2H3. The second-order valence-corrected chi connectivity index (χ2v) is 4.19. The van der Waals surface area contributed by atoms with Crippen LogP contribution in [-0.4, -0.2) is 24.8 Å². The molecule has 2 heterocycles. The van der Waals surface area contributed by atoms with Gasteiger partial charge in [-0.2, -0.15) is 5.10 Å². The largest absolute Gasteiger partial charge is 0.275 e. The van der Waals surface area contributed by atoms with Crippen molar-refractivity contribution < 1.29 is 0 Å². The fraction of sp³-hybridized carbons (Fsp3) is 0.375. The van der Waals surface area contributed by atoms with Gasteiger partial charge in [0.1, 0.15) is 0 Å². The fourth-order valence-corrected chi connectivity index (χ4v) is 2.12. The number of rotatable bonds is 3. The summed E-state index contributed by atoms with van der Waals surface area (Å²) in [4.78, 5) is 0. The van der Waals surface area contributed by atoms with Gasteiger partial charge in [-0.15, -0.1) is 5.10 Å². The van der Waals surface area contributed by atoms with Crippen LogP contribution in [0.2, 0.25) is 0 Å². The molecule has 0 aromatic carbocycles. The molecule has 16 heavy (non-hydrogen) atoms. The third-order valence-corrected chi connectivity index (χ3v) is 2.89. The van der Waals surface area contributed by atoms with Crippen LogP contribution in [0.4, 0.5) is 0 Å². The summed E-state index contributed by atoms with van der Waals surface area (Å²) in [5.74, 6) is 5.57. The summed E-state index contributed by atoms with van der Waals surface area (Å²) in [7, 11) is 3.67. The third-order valence-electron chi connectivity index (χ3n) is 2.32. The van der Waals surface area contributed by atoms with E-state index in [1.54, 1.807) is 15.6 Å². The van der Waals surface area contributed by atoms with E-state index in [9.17, 15) is 0 Å². The minimum Gasteiger partial charge on any atom is -0.275 e. The first-order chi connectivity index (χ1) is 7.63. The average molecular weight is 286 g/mol. The molecule has 0 aliphatic rings. The van der Waals surface area contributed by atoms with E-state index in [2.05, 4.69) is 36.8 Å². The lowest BCUT2D eigenvalue weighted by Crippen LogP contribution is -2.30. The van der Waals surface area contributed by atoms with Crippen LogP contribution in [0.15, 0.2) is 17.0 Å². The molecule has 0 aliphatic heterocycles. The van der Waals surface area contributed by atoms with Crippen LogP contribution in [0.5, 0.6) is 0 Å². The number of halogens is 1. The van der Waals surface area contributed by atoms with Crippen molar-refractivity contribution >= 4 is 15.9 Å². The second kappa shape index (κ2) is 4.32. The van der Waals surface area contributed by atoms with Gasteiger partial charge in [0.05, 0.1) is 17.9 Å². The van der Waals surface area contributed by atoms with Crippen LogP contribution in [0, 0.1) is 0 Å². The molecule has 0 fully saturated rings. The molecule has 1 atom stereocenters. The second-order valence-electron chi connectivity index (χ2n) is 3.44. The molecule has 0 spiro atoms. The summed E-state index contributed by atoms with van der Waals surface area (Å²) >= 11 is 3.35. The lowest BCUT2D eigenvalue weighted by Gasteiger charge is -2.14. The Kier molecular flexibility index (Phi) is 3.03. The van der Waals surface area contributed by atoms with E-state index < -0.39 is 0 Å². The van der Waals surface area contributed by atoms with E-state index in [1.165, 1.54) is 0 Å². The van der Waals surface area contributed by atoms with Gasteiger partial charge in [-0.05, 0) is 15.9 Å². The molecule has 2 aromatic rings. The quantitative estimate of drug-likeness (QED) is 0.606. The van der Waals surface area contributed by atoms with Crippen molar-refractivity contribution in [2.75, 3.05) is 0 Å². The molecule has 1 unspecified atom stereocenters. The minimum absolute atomic E-state index is 0.192. The van der Waals surface area contributed by atoms with Gasteiger partial charge in [-0.1, -0.05) is 5.21 Å². The molecule has 0 radical (unpaired) electrons. The molecule has 2 aromatic heterocycles. The number of hydrazine groups is 1. The molecule has 8 heteroatoms. The Morgan fingerprint density at radius 1 is 1.50 bits per heavy atom. The first-order valence-electron chi connectivity index (χ1n) is 4.63. The van der Waals surface area contributed by atoms with E-state index in [0.717, 1.165) is 11.3 Å². The SMILES string of the molecule is Cn1cc(C(NN)c2c(Br)nnn2C)cn1. The number of nitrogens with zero attached hydrogens (tertiary/aromatic N) is 5. The molecule has 3 N–H and O–H groups in total. The van der Waals surface area contributed by atoms with Crippen molar-refractivity contribution in [2.24, 2.45) is 19.9 Å². The number of nitrogens with one attached hydrogen (secondary N) is 1. The summed E-state index contributed by atoms with van der Waals surface area (Å²) in [6, 6.07) is -0.192. The van der Waals surface area contributed by atoms with Crippen LogP contribution in [0.1, 0.15) is 17.3 Å². The number of aromatic nitrogens is 5. The van der Waals surface area contributed by atoms with E-state index in [4.69, 9.17) is 5.84 Å². The summed E-state index contributed by atoms with van der Waals surface area (Å²) < 4.78 is 4.06. The highest BCUT2D eigenvalue weighted by Gasteiger charge is 2.21. The predicted molar refractivity (Wildman–Crippen MR) is 61.1 cm³/mol. The van der Waals surface area contributed by atoms with E-state index in [0.29, 0.717) is 4.60 Å². The number of hydrogen-bond donors (Lipinski definition) is 2. The Labute approximate surface area is 101 Å². The maximum absolute atomic E-state index is 5.57. The molecule has 7 nitrogen and oxygen atoms in total. The topological polar surface area (TPSA) is 86.6 Å². The Morgan fingerprint density at radius 3 is 2.69 bits per heavy atom. The predicted octanol–water partition coefficient (Wildman–Crippen LogP) is -0.136. The lowest BCUT2D eigenvalue weighted by molar-refractivity contribution is 0.568. The van der Waals surface area contributed by atoms with Gasteiger partial charge in [-0.25, -0.2) is 10.1 Å². The maximum Gasteiger partial charge on any atom is 0.153 e. The zero-order valence-electron chi connectivity index (χ0n) is 8.92. The number of nitrogens with two attached hydrogens (primary N) is 1. The van der Waals surface area contributed by atoms with Crippen molar-refractivity contribution in [1.29, 1.82) is 0 Å². The first kappa shape index (κ1) is 11.2. The summed E-state index contributed by atoms with van der Waals surface area (Å²) in [5.41, 5.74) is 4.54. The van der Waals surface area contributed by atoms with Gasteiger partial charge in [-0.3, -0.25) is 10.5 Å². The van der Waals surface area contributed by atoms with Crippen LogP contribution < -0.4 is 11.3 Å². The van der Waals surface area contributed by atoms with Gasteiger partial charge < -0.3 is 0 Å². The van der Waals surface area contributed by atoms with Crippen LogP contribution in [0.3, 0.4) is 0 Å². The summed E-state index contributed by atoms with van der Waals surface area (Å²) in [5, 5.41) is 11.9. The Hall–Kier alpha value is -1.25. The molecular weight excluding hydrogens is 274 g/mol. The zero-order valence-corrected chi connectivity index (χ0v) is 10.5. The van der Waals surface area contributed by atoms with Crippen molar-refractivity contribution in [3.8, 4) is 0 Å². The highest BCUT2D eigenvalue weighted by molar-refractivity contribution is 9.10.